The number of hydrogen-bond acceptors (Lipinski definition) is 4. The molecule has 1 saturated heterocycles. The van der Waals surface area contributed by atoms with Crippen LogP contribution in [0.4, 0.5) is 8.78 Å². The highest BCUT2D eigenvalue weighted by Gasteiger charge is 2.15. The molecule has 0 atom stereocenters. The molecule has 2 N–H and O–H groups in total. The van der Waals surface area contributed by atoms with Crippen LogP contribution < -0.4 is 20.1 Å². The number of halogens is 3. The van der Waals surface area contributed by atoms with Crippen LogP contribution in [0.25, 0.3) is 0 Å². The highest BCUT2D eigenvalue weighted by molar-refractivity contribution is 14.0. The fourth-order valence-electron chi connectivity index (χ4n) is 3.36. The molecule has 30 heavy (non-hydrogen) atoms. The topological polar surface area (TPSA) is 58.1 Å². The Morgan fingerprint density at radius 3 is 2.60 bits per heavy atom. The monoisotopic (exact) mass is 540 g/mol. The highest BCUT2D eigenvalue weighted by atomic mass is 127. The summed E-state index contributed by atoms with van der Waals surface area (Å²) in [5.74, 6) is 1.02. The van der Waals surface area contributed by atoms with Crippen LogP contribution in [0.15, 0.2) is 23.2 Å². The Labute approximate surface area is 195 Å². The molecule has 6 nitrogen and oxygen atoms in total. The van der Waals surface area contributed by atoms with Crippen molar-refractivity contribution in [1.29, 1.82) is 0 Å². The van der Waals surface area contributed by atoms with Crippen LogP contribution in [0.2, 0.25) is 0 Å². The maximum absolute atomic E-state index is 12.8. The second kappa shape index (κ2) is 15.4. The third kappa shape index (κ3) is 9.63. The van der Waals surface area contributed by atoms with E-state index in [1.165, 1.54) is 25.9 Å². The van der Waals surface area contributed by atoms with Crippen molar-refractivity contribution in [1.82, 2.24) is 15.5 Å². The van der Waals surface area contributed by atoms with Crippen molar-refractivity contribution in [3.8, 4) is 11.5 Å². The fourth-order valence-corrected chi connectivity index (χ4v) is 3.36. The summed E-state index contributed by atoms with van der Waals surface area (Å²) in [4.78, 5) is 7.04. The van der Waals surface area contributed by atoms with E-state index < -0.39 is 6.61 Å². The van der Waals surface area contributed by atoms with Gasteiger partial charge in [-0.3, -0.25) is 0 Å². The van der Waals surface area contributed by atoms with Crippen molar-refractivity contribution in [3.05, 3.63) is 23.8 Å². The molecular weight excluding hydrogens is 505 g/mol. The van der Waals surface area contributed by atoms with E-state index in [-0.39, 0.29) is 36.3 Å². The van der Waals surface area contributed by atoms with Crippen molar-refractivity contribution in [2.75, 3.05) is 39.3 Å². The second-order valence-corrected chi connectivity index (χ2v) is 6.93. The lowest BCUT2D eigenvalue weighted by Crippen LogP contribution is -2.38. The molecule has 172 valence electrons. The molecule has 1 fully saturated rings. The summed E-state index contributed by atoms with van der Waals surface area (Å²) in [6.07, 6.45) is 4.84. The van der Waals surface area contributed by atoms with Crippen LogP contribution >= 0.6 is 24.0 Å². The van der Waals surface area contributed by atoms with Crippen LogP contribution in [-0.4, -0.2) is 56.8 Å². The van der Waals surface area contributed by atoms with Gasteiger partial charge in [0.25, 0.3) is 0 Å². The minimum absolute atomic E-state index is 0. The minimum atomic E-state index is -2.92. The normalized spacial score (nSPS) is 14.5. The van der Waals surface area contributed by atoms with Gasteiger partial charge in [-0.15, -0.1) is 24.0 Å². The molecule has 0 radical (unpaired) electrons. The number of hydrogen-bond donors (Lipinski definition) is 2. The summed E-state index contributed by atoms with van der Waals surface area (Å²) in [5.41, 5.74) is 0.558. The quantitative estimate of drug-likeness (QED) is 0.180. The number of unbranched alkanes of at least 4 members (excludes halogenated alkanes) is 1. The van der Waals surface area contributed by atoms with E-state index in [0.717, 1.165) is 32.5 Å². The van der Waals surface area contributed by atoms with E-state index >= 15 is 0 Å². The van der Waals surface area contributed by atoms with Gasteiger partial charge in [-0.1, -0.05) is 12.1 Å². The Kier molecular flexibility index (Phi) is 13.7. The molecule has 0 bridgehead atoms. The van der Waals surface area contributed by atoms with Crippen LogP contribution in [0, 0.1) is 0 Å². The van der Waals surface area contributed by atoms with Crippen molar-refractivity contribution in [2.24, 2.45) is 4.99 Å². The zero-order valence-electron chi connectivity index (χ0n) is 18.0. The summed E-state index contributed by atoms with van der Waals surface area (Å²) in [7, 11) is 0. The number of nitrogens with one attached hydrogen (secondary N) is 2. The summed E-state index contributed by atoms with van der Waals surface area (Å²) >= 11 is 0. The average molecular weight is 540 g/mol. The van der Waals surface area contributed by atoms with E-state index in [4.69, 9.17) is 9.47 Å². The number of guanidine groups is 1. The van der Waals surface area contributed by atoms with Gasteiger partial charge in [0.05, 0.1) is 13.2 Å². The van der Waals surface area contributed by atoms with Gasteiger partial charge in [-0.2, -0.15) is 8.78 Å². The third-order valence-corrected chi connectivity index (χ3v) is 4.71. The van der Waals surface area contributed by atoms with Gasteiger partial charge in [-0.25, -0.2) is 4.99 Å². The highest BCUT2D eigenvalue weighted by Crippen LogP contribution is 2.33. The van der Waals surface area contributed by atoms with E-state index in [9.17, 15) is 8.78 Å². The molecule has 0 amide bonds. The minimum Gasteiger partial charge on any atom is -0.490 e. The van der Waals surface area contributed by atoms with Crippen LogP contribution in [0.1, 0.15) is 45.1 Å². The molecule has 0 spiro atoms. The molecular formula is C21H35F2IN4O2. The Bertz CT molecular complexity index is 629. The van der Waals surface area contributed by atoms with Crippen molar-refractivity contribution >= 4 is 29.9 Å². The van der Waals surface area contributed by atoms with E-state index in [1.54, 1.807) is 25.1 Å². The molecule has 0 saturated carbocycles. The first-order valence-electron chi connectivity index (χ1n) is 10.6. The summed E-state index contributed by atoms with van der Waals surface area (Å²) in [5, 5.41) is 6.51. The largest absolute Gasteiger partial charge is 0.490 e. The summed E-state index contributed by atoms with van der Waals surface area (Å²) < 4.78 is 35.8. The lowest BCUT2D eigenvalue weighted by atomic mass is 10.2. The van der Waals surface area contributed by atoms with Gasteiger partial charge in [-0.05, 0) is 65.2 Å². The first kappa shape index (κ1) is 26.7. The van der Waals surface area contributed by atoms with Gasteiger partial charge in [0.15, 0.2) is 17.5 Å². The van der Waals surface area contributed by atoms with E-state index in [1.807, 2.05) is 6.92 Å². The Hall–Kier alpha value is -1.36. The predicted molar refractivity (Wildman–Crippen MR) is 127 cm³/mol. The van der Waals surface area contributed by atoms with Crippen LogP contribution in [0.3, 0.4) is 0 Å². The van der Waals surface area contributed by atoms with Crippen molar-refractivity contribution < 1.29 is 18.3 Å². The molecule has 0 aromatic heterocycles. The molecule has 1 aromatic rings. The number of aliphatic imine (C=N–C) groups is 1. The first-order valence-corrected chi connectivity index (χ1v) is 10.6. The number of likely N-dealkylation sites (tertiary alicyclic amines) is 1. The SMILES string of the molecule is CCNC(=NCc1cccc(OCC)c1OC(F)F)NCCCCN1CCCC1.I. The van der Waals surface area contributed by atoms with Crippen molar-refractivity contribution in [2.45, 2.75) is 52.7 Å². The number of ether oxygens (including phenoxy) is 2. The van der Waals surface area contributed by atoms with Crippen molar-refractivity contribution in [3.63, 3.8) is 0 Å². The lowest BCUT2D eigenvalue weighted by Gasteiger charge is -2.16. The van der Waals surface area contributed by atoms with Gasteiger partial charge in [0, 0.05) is 18.7 Å². The average Bonchev–Trinajstić information content (AvgIpc) is 3.21. The predicted octanol–water partition coefficient (Wildman–Crippen LogP) is 4.24. The third-order valence-electron chi connectivity index (χ3n) is 4.71. The number of rotatable bonds is 12. The van der Waals surface area contributed by atoms with Gasteiger partial charge in [0.1, 0.15) is 0 Å². The molecule has 2 rings (SSSR count). The molecule has 1 aliphatic heterocycles. The fraction of sp³-hybridized carbons (Fsp3) is 0.667. The zero-order chi connectivity index (χ0) is 20.9. The number of nitrogens with zero attached hydrogens (tertiary/aromatic N) is 2. The standard InChI is InChI=1S/C21H34F2N4O2.HI/c1-3-24-21(25-12-5-6-13-27-14-7-8-15-27)26-16-17-10-9-11-18(28-4-2)19(17)29-20(22)23;/h9-11,20H,3-8,12-16H2,1-2H3,(H2,24,25,26);1H. The van der Waals surface area contributed by atoms with Crippen LogP contribution in [0.5, 0.6) is 11.5 Å². The molecule has 0 unspecified atom stereocenters. The second-order valence-electron chi connectivity index (χ2n) is 6.93. The molecule has 9 heteroatoms. The smallest absolute Gasteiger partial charge is 0.387 e. The Morgan fingerprint density at radius 2 is 1.93 bits per heavy atom. The van der Waals surface area contributed by atoms with E-state index in [0.29, 0.717) is 23.9 Å². The maximum atomic E-state index is 12.8. The Balaban J connectivity index is 0.00000450. The zero-order valence-corrected chi connectivity index (χ0v) is 20.3. The summed E-state index contributed by atoms with van der Waals surface area (Å²) in [6, 6.07) is 5.11. The maximum Gasteiger partial charge on any atom is 0.387 e. The van der Waals surface area contributed by atoms with Crippen LogP contribution in [-0.2, 0) is 6.54 Å². The van der Waals surface area contributed by atoms with Gasteiger partial charge in [0.2, 0.25) is 0 Å². The molecule has 1 aromatic carbocycles. The van der Waals surface area contributed by atoms with E-state index in [2.05, 4.69) is 20.5 Å². The molecule has 1 aliphatic rings. The molecule has 1 heterocycles. The number of para-hydroxylation sites is 1. The Morgan fingerprint density at radius 1 is 1.17 bits per heavy atom. The lowest BCUT2D eigenvalue weighted by molar-refractivity contribution is -0.0520. The van der Waals surface area contributed by atoms with Gasteiger partial charge >= 0.3 is 6.61 Å². The van der Waals surface area contributed by atoms with Gasteiger partial charge < -0.3 is 25.0 Å². The molecule has 0 aliphatic carbocycles. The number of benzene rings is 1. The summed E-state index contributed by atoms with van der Waals surface area (Å²) in [6.45, 7) is 6.59. The first-order chi connectivity index (χ1) is 14.1. The number of alkyl halides is 2.